The van der Waals surface area contributed by atoms with Gasteiger partial charge in [-0.1, -0.05) is 96.1 Å². The summed E-state index contributed by atoms with van der Waals surface area (Å²) >= 11 is 12.9. The van der Waals surface area contributed by atoms with E-state index in [2.05, 4.69) is 58.6 Å². The highest BCUT2D eigenvalue weighted by Gasteiger charge is 2.27. The van der Waals surface area contributed by atoms with E-state index in [-0.39, 0.29) is 22.3 Å². The van der Waals surface area contributed by atoms with E-state index in [0.29, 0.717) is 29.2 Å². The molecule has 1 saturated carbocycles. The Morgan fingerprint density at radius 3 is 1.48 bits per heavy atom. The van der Waals surface area contributed by atoms with Crippen molar-refractivity contribution < 1.29 is 10.2 Å². The SMILES string of the molecule is CC(C)(C)c1cc(Cl)c(O)c(CN(Cc2cc(C(C)(C)C)cc(Cl)c2O)C2CCCCC2)c1. The van der Waals surface area contributed by atoms with Crippen LogP contribution in [0.15, 0.2) is 24.3 Å². The molecule has 2 N–H and O–H groups in total. The van der Waals surface area contributed by atoms with Crippen LogP contribution >= 0.6 is 23.2 Å². The molecule has 0 atom stereocenters. The van der Waals surface area contributed by atoms with Crippen molar-refractivity contribution in [3.05, 3.63) is 56.6 Å². The lowest BCUT2D eigenvalue weighted by molar-refractivity contribution is 0.137. The van der Waals surface area contributed by atoms with Crippen LogP contribution in [0.2, 0.25) is 10.0 Å². The third-order valence-corrected chi connectivity index (χ3v) is 7.43. The monoisotopic (exact) mass is 491 g/mol. The highest BCUT2D eigenvalue weighted by atomic mass is 35.5. The Labute approximate surface area is 209 Å². The van der Waals surface area contributed by atoms with Crippen LogP contribution in [0, 0.1) is 0 Å². The fourth-order valence-corrected chi connectivity index (χ4v) is 5.09. The normalized spacial score (nSPS) is 15.9. The zero-order valence-electron chi connectivity index (χ0n) is 20.9. The highest BCUT2D eigenvalue weighted by Crippen LogP contribution is 2.38. The quantitative estimate of drug-likeness (QED) is 0.441. The molecule has 2 aromatic rings. The van der Waals surface area contributed by atoms with Crippen molar-refractivity contribution >= 4 is 23.2 Å². The molecule has 0 heterocycles. The minimum atomic E-state index is -0.0748. The summed E-state index contributed by atoms with van der Waals surface area (Å²) in [5.74, 6) is 0.298. The molecule has 0 aliphatic heterocycles. The molecule has 2 aromatic carbocycles. The molecule has 1 aliphatic rings. The lowest BCUT2D eigenvalue weighted by Gasteiger charge is -2.35. The van der Waals surface area contributed by atoms with Crippen molar-refractivity contribution in [2.24, 2.45) is 0 Å². The average Bonchev–Trinajstić information content (AvgIpc) is 2.72. The van der Waals surface area contributed by atoms with Gasteiger partial charge in [-0.05, 0) is 46.9 Å². The molecule has 0 bridgehead atoms. The molecule has 182 valence electrons. The van der Waals surface area contributed by atoms with Crippen molar-refractivity contribution in [3.8, 4) is 11.5 Å². The first-order chi connectivity index (χ1) is 15.3. The van der Waals surface area contributed by atoms with Crippen LogP contribution in [0.4, 0.5) is 0 Å². The molecule has 1 fully saturated rings. The largest absolute Gasteiger partial charge is 0.506 e. The van der Waals surface area contributed by atoms with Crippen molar-refractivity contribution in [1.29, 1.82) is 0 Å². The molecule has 33 heavy (non-hydrogen) atoms. The Balaban J connectivity index is 2.01. The van der Waals surface area contributed by atoms with Crippen LogP contribution in [-0.4, -0.2) is 21.2 Å². The lowest BCUT2D eigenvalue weighted by atomic mass is 9.85. The van der Waals surface area contributed by atoms with Gasteiger partial charge in [0.05, 0.1) is 10.0 Å². The number of aromatic hydroxyl groups is 2. The zero-order valence-corrected chi connectivity index (χ0v) is 22.4. The van der Waals surface area contributed by atoms with Gasteiger partial charge in [0.2, 0.25) is 0 Å². The number of hydrogen-bond acceptors (Lipinski definition) is 3. The summed E-state index contributed by atoms with van der Waals surface area (Å²) in [6.07, 6.45) is 5.88. The van der Waals surface area contributed by atoms with E-state index in [9.17, 15) is 10.2 Å². The van der Waals surface area contributed by atoms with Crippen LogP contribution in [0.25, 0.3) is 0 Å². The Hall–Kier alpha value is -1.42. The van der Waals surface area contributed by atoms with Crippen LogP contribution < -0.4 is 0 Å². The summed E-state index contributed by atoms with van der Waals surface area (Å²) < 4.78 is 0. The van der Waals surface area contributed by atoms with Gasteiger partial charge in [0.15, 0.2) is 0 Å². The molecule has 0 unspecified atom stereocenters. The summed E-state index contributed by atoms with van der Waals surface area (Å²) in [6.45, 7) is 14.0. The third kappa shape index (κ3) is 6.38. The topological polar surface area (TPSA) is 43.7 Å². The second-order valence-electron chi connectivity index (χ2n) is 11.6. The summed E-state index contributed by atoms with van der Waals surface area (Å²) in [5, 5.41) is 22.4. The Morgan fingerprint density at radius 1 is 0.727 bits per heavy atom. The predicted octanol–water partition coefficient (Wildman–Crippen LogP) is 8.33. The molecule has 5 heteroatoms. The van der Waals surface area contributed by atoms with Gasteiger partial charge >= 0.3 is 0 Å². The maximum atomic E-state index is 10.8. The first kappa shape index (κ1) is 26.2. The van der Waals surface area contributed by atoms with Crippen LogP contribution in [-0.2, 0) is 23.9 Å². The number of benzene rings is 2. The number of rotatable bonds is 5. The van der Waals surface area contributed by atoms with Gasteiger partial charge in [0.25, 0.3) is 0 Å². The van der Waals surface area contributed by atoms with Gasteiger partial charge < -0.3 is 10.2 Å². The number of phenols is 2. The predicted molar refractivity (Wildman–Crippen MR) is 140 cm³/mol. The minimum absolute atomic E-state index is 0.0748. The molecule has 3 rings (SSSR count). The molecule has 3 nitrogen and oxygen atoms in total. The molecule has 0 radical (unpaired) electrons. The standard InChI is InChI=1S/C28H39Cl2NO2/c1-27(2,3)20-12-18(25(32)23(29)14-20)16-31(22-10-8-7-9-11-22)17-19-13-21(28(4,5)6)15-24(30)26(19)33/h12-15,22,32-33H,7-11,16-17H2,1-6H3. The van der Waals surface area contributed by atoms with Crippen LogP contribution in [0.5, 0.6) is 11.5 Å². The van der Waals surface area contributed by atoms with E-state index >= 15 is 0 Å². The van der Waals surface area contributed by atoms with Crippen molar-refractivity contribution in [2.75, 3.05) is 0 Å². The molecule has 0 saturated heterocycles. The van der Waals surface area contributed by atoms with Crippen LogP contribution in [0.1, 0.15) is 95.9 Å². The Bertz CT molecular complexity index is 911. The van der Waals surface area contributed by atoms with E-state index in [1.165, 1.54) is 19.3 Å². The smallest absolute Gasteiger partial charge is 0.138 e. The zero-order chi connectivity index (χ0) is 24.6. The van der Waals surface area contributed by atoms with Crippen molar-refractivity contribution in [3.63, 3.8) is 0 Å². The fraction of sp³-hybridized carbons (Fsp3) is 0.571. The summed E-state index contributed by atoms with van der Waals surface area (Å²) in [5.41, 5.74) is 3.71. The van der Waals surface area contributed by atoms with Crippen molar-refractivity contribution in [1.82, 2.24) is 4.90 Å². The summed E-state index contributed by atoms with van der Waals surface area (Å²) in [4.78, 5) is 2.38. The van der Waals surface area contributed by atoms with Gasteiger partial charge in [0.1, 0.15) is 11.5 Å². The van der Waals surface area contributed by atoms with Gasteiger partial charge in [-0.15, -0.1) is 0 Å². The Kier molecular flexibility index (Phi) is 7.98. The molecule has 0 aromatic heterocycles. The van der Waals surface area contributed by atoms with Gasteiger partial charge in [0, 0.05) is 30.3 Å². The van der Waals surface area contributed by atoms with E-state index in [1.54, 1.807) is 0 Å². The second-order valence-corrected chi connectivity index (χ2v) is 12.4. The minimum Gasteiger partial charge on any atom is -0.506 e. The van der Waals surface area contributed by atoms with E-state index in [4.69, 9.17) is 23.2 Å². The van der Waals surface area contributed by atoms with Gasteiger partial charge in [-0.3, -0.25) is 4.90 Å². The number of hydrogen-bond donors (Lipinski definition) is 2. The highest BCUT2D eigenvalue weighted by molar-refractivity contribution is 6.32. The van der Waals surface area contributed by atoms with Gasteiger partial charge in [-0.2, -0.15) is 0 Å². The number of nitrogens with zero attached hydrogens (tertiary/aromatic N) is 1. The molecule has 0 amide bonds. The molecule has 0 spiro atoms. The summed E-state index contributed by atoms with van der Waals surface area (Å²) in [7, 11) is 0. The van der Waals surface area contributed by atoms with E-state index in [0.717, 1.165) is 35.1 Å². The van der Waals surface area contributed by atoms with E-state index in [1.807, 2.05) is 12.1 Å². The van der Waals surface area contributed by atoms with Gasteiger partial charge in [-0.25, -0.2) is 0 Å². The molecular formula is C28H39Cl2NO2. The van der Waals surface area contributed by atoms with Crippen LogP contribution in [0.3, 0.4) is 0 Å². The summed E-state index contributed by atoms with van der Waals surface area (Å²) in [6, 6.07) is 8.27. The molecule has 1 aliphatic carbocycles. The first-order valence-electron chi connectivity index (χ1n) is 12.0. The van der Waals surface area contributed by atoms with Crippen molar-refractivity contribution in [2.45, 2.75) is 104 Å². The first-order valence-corrected chi connectivity index (χ1v) is 12.8. The number of halogens is 2. The lowest BCUT2D eigenvalue weighted by Crippen LogP contribution is -2.36. The Morgan fingerprint density at radius 2 is 1.12 bits per heavy atom. The fourth-order valence-electron chi connectivity index (χ4n) is 4.62. The third-order valence-electron chi connectivity index (χ3n) is 6.85. The maximum Gasteiger partial charge on any atom is 0.138 e. The second kappa shape index (κ2) is 10.1. The average molecular weight is 493 g/mol. The molecular weight excluding hydrogens is 453 g/mol. The maximum absolute atomic E-state index is 10.8. The van der Waals surface area contributed by atoms with E-state index < -0.39 is 0 Å². The number of phenolic OH excluding ortho intramolecular Hbond substituents is 2.